The maximum atomic E-state index is 7.00. The fourth-order valence-corrected chi connectivity index (χ4v) is 0.964. The minimum atomic E-state index is 0.258. The largest absolute Gasteiger partial charge is 0.388 e. The molecule has 4 heteroatoms. The Hall–Kier alpha value is -0.610. The van der Waals surface area contributed by atoms with Crippen molar-refractivity contribution in [2.45, 2.75) is 39.2 Å². The van der Waals surface area contributed by atoms with E-state index in [1.54, 1.807) is 0 Å². The topological polar surface area (TPSA) is 68.3 Å². The second-order valence-electron chi connectivity index (χ2n) is 3.51. The quantitative estimate of drug-likeness (QED) is 0.338. The zero-order chi connectivity index (χ0) is 10.8. The molecule has 0 aliphatic rings. The maximum absolute atomic E-state index is 7.00. The van der Waals surface area contributed by atoms with Crippen LogP contribution in [0.5, 0.6) is 0 Å². The van der Waals surface area contributed by atoms with Crippen molar-refractivity contribution >= 4 is 5.84 Å². The predicted molar refractivity (Wildman–Crippen MR) is 57.7 cm³/mol. The molecule has 0 saturated carbocycles. The zero-order valence-corrected chi connectivity index (χ0v) is 9.21. The molecule has 0 radical (unpaired) electrons. The lowest BCUT2D eigenvalue weighted by Crippen LogP contribution is -2.11. The van der Waals surface area contributed by atoms with E-state index in [1.165, 1.54) is 0 Å². The summed E-state index contributed by atoms with van der Waals surface area (Å²) in [7, 11) is 0. The van der Waals surface area contributed by atoms with E-state index in [0.717, 1.165) is 19.4 Å². The second-order valence-corrected chi connectivity index (χ2v) is 3.51. The number of amidine groups is 1. The molecule has 84 valence electrons. The number of hydrogen-bond acceptors (Lipinski definition) is 3. The third kappa shape index (κ3) is 11.4. The Morgan fingerprint density at radius 3 is 2.50 bits per heavy atom. The SMILES string of the molecule is CC(C)OCCOCCCCC(=N)N. The molecule has 0 aromatic rings. The van der Waals surface area contributed by atoms with E-state index in [0.29, 0.717) is 19.6 Å². The molecule has 0 heterocycles. The van der Waals surface area contributed by atoms with Crippen LogP contribution < -0.4 is 5.73 Å². The number of hydrogen-bond donors (Lipinski definition) is 2. The van der Waals surface area contributed by atoms with E-state index in [2.05, 4.69) is 0 Å². The van der Waals surface area contributed by atoms with E-state index in [9.17, 15) is 0 Å². The molecule has 0 saturated heterocycles. The van der Waals surface area contributed by atoms with Crippen LogP contribution in [-0.2, 0) is 9.47 Å². The van der Waals surface area contributed by atoms with Crippen LogP contribution in [0, 0.1) is 5.41 Å². The van der Waals surface area contributed by atoms with Gasteiger partial charge in [-0.25, -0.2) is 0 Å². The van der Waals surface area contributed by atoms with Crippen LogP contribution in [0.15, 0.2) is 0 Å². The predicted octanol–water partition coefficient (Wildman–Crippen LogP) is 1.53. The zero-order valence-electron chi connectivity index (χ0n) is 9.21. The van der Waals surface area contributed by atoms with Gasteiger partial charge in [0.15, 0.2) is 0 Å². The molecule has 0 aromatic heterocycles. The van der Waals surface area contributed by atoms with Crippen molar-refractivity contribution in [1.29, 1.82) is 5.41 Å². The maximum Gasteiger partial charge on any atom is 0.0905 e. The molecular formula is C10H22N2O2. The molecule has 4 nitrogen and oxygen atoms in total. The molecule has 0 rings (SSSR count). The number of rotatable bonds is 9. The molecule has 0 aliphatic carbocycles. The van der Waals surface area contributed by atoms with Gasteiger partial charge in [0.1, 0.15) is 0 Å². The van der Waals surface area contributed by atoms with Crippen LogP contribution >= 0.6 is 0 Å². The minimum Gasteiger partial charge on any atom is -0.388 e. The number of unbranched alkanes of at least 4 members (excludes halogenated alkanes) is 1. The summed E-state index contributed by atoms with van der Waals surface area (Å²) in [6.07, 6.45) is 2.84. The monoisotopic (exact) mass is 202 g/mol. The molecule has 3 N–H and O–H groups in total. The first-order valence-electron chi connectivity index (χ1n) is 5.15. The first kappa shape index (κ1) is 13.4. The summed E-state index contributed by atoms with van der Waals surface area (Å²) in [5.74, 6) is 0.258. The molecule has 14 heavy (non-hydrogen) atoms. The second kappa shape index (κ2) is 8.97. The van der Waals surface area contributed by atoms with Crippen LogP contribution in [0.3, 0.4) is 0 Å². The lowest BCUT2D eigenvalue weighted by molar-refractivity contribution is 0.0188. The minimum absolute atomic E-state index is 0.258. The van der Waals surface area contributed by atoms with E-state index in [-0.39, 0.29) is 11.9 Å². The Kier molecular flexibility index (Phi) is 8.57. The molecule has 0 spiro atoms. The number of ether oxygens (including phenoxy) is 2. The van der Waals surface area contributed by atoms with E-state index in [4.69, 9.17) is 20.6 Å². The highest BCUT2D eigenvalue weighted by Gasteiger charge is 1.94. The molecular weight excluding hydrogens is 180 g/mol. The van der Waals surface area contributed by atoms with Crippen LogP contribution in [0.2, 0.25) is 0 Å². The summed E-state index contributed by atoms with van der Waals surface area (Å²) >= 11 is 0. The Labute approximate surface area is 86.3 Å². The fraction of sp³-hybridized carbons (Fsp3) is 0.900. The van der Waals surface area contributed by atoms with Crippen LogP contribution in [-0.4, -0.2) is 31.8 Å². The van der Waals surface area contributed by atoms with E-state index >= 15 is 0 Å². The molecule has 0 fully saturated rings. The lowest BCUT2D eigenvalue weighted by atomic mass is 10.2. The van der Waals surface area contributed by atoms with E-state index in [1.807, 2.05) is 13.8 Å². The summed E-state index contributed by atoms with van der Waals surface area (Å²) in [5.41, 5.74) is 5.21. The summed E-state index contributed by atoms with van der Waals surface area (Å²) in [4.78, 5) is 0. The normalized spacial score (nSPS) is 10.8. The Balaban J connectivity index is 2.96. The summed E-state index contributed by atoms with van der Waals surface area (Å²) in [6.45, 7) is 6.05. The molecule has 0 unspecified atom stereocenters. The van der Waals surface area contributed by atoms with Crippen LogP contribution in [0.25, 0.3) is 0 Å². The van der Waals surface area contributed by atoms with Crippen molar-refractivity contribution in [2.24, 2.45) is 5.73 Å². The Morgan fingerprint density at radius 2 is 1.93 bits per heavy atom. The van der Waals surface area contributed by atoms with Gasteiger partial charge in [0, 0.05) is 13.0 Å². The van der Waals surface area contributed by atoms with Crippen molar-refractivity contribution in [3.63, 3.8) is 0 Å². The van der Waals surface area contributed by atoms with Gasteiger partial charge in [-0.2, -0.15) is 0 Å². The molecule has 0 aliphatic heterocycles. The molecule has 0 aromatic carbocycles. The third-order valence-corrected chi connectivity index (χ3v) is 1.66. The summed E-state index contributed by atoms with van der Waals surface area (Å²) < 4.78 is 10.6. The molecule has 0 bridgehead atoms. The van der Waals surface area contributed by atoms with Crippen molar-refractivity contribution in [3.8, 4) is 0 Å². The molecule has 0 amide bonds. The molecule has 0 atom stereocenters. The highest BCUT2D eigenvalue weighted by Crippen LogP contribution is 1.95. The van der Waals surface area contributed by atoms with Crippen LogP contribution in [0.1, 0.15) is 33.1 Å². The van der Waals surface area contributed by atoms with Crippen LogP contribution in [0.4, 0.5) is 0 Å². The standard InChI is InChI=1S/C10H22N2O2/c1-9(2)14-8-7-13-6-4-3-5-10(11)12/h9H,3-8H2,1-2H3,(H3,11,12). The van der Waals surface area contributed by atoms with E-state index < -0.39 is 0 Å². The van der Waals surface area contributed by atoms with Gasteiger partial charge in [0.25, 0.3) is 0 Å². The summed E-state index contributed by atoms with van der Waals surface area (Å²) in [5, 5.41) is 7.00. The van der Waals surface area contributed by atoms with Gasteiger partial charge in [-0.3, -0.25) is 5.41 Å². The first-order valence-corrected chi connectivity index (χ1v) is 5.15. The smallest absolute Gasteiger partial charge is 0.0905 e. The Bertz CT molecular complexity index is 149. The van der Waals surface area contributed by atoms with Crippen molar-refractivity contribution in [1.82, 2.24) is 0 Å². The van der Waals surface area contributed by atoms with Gasteiger partial charge in [0.2, 0.25) is 0 Å². The highest BCUT2D eigenvalue weighted by molar-refractivity contribution is 5.76. The third-order valence-electron chi connectivity index (χ3n) is 1.66. The summed E-state index contributed by atoms with van der Waals surface area (Å²) in [6, 6.07) is 0. The van der Waals surface area contributed by atoms with Gasteiger partial charge >= 0.3 is 0 Å². The van der Waals surface area contributed by atoms with Gasteiger partial charge < -0.3 is 15.2 Å². The number of nitrogens with one attached hydrogen (secondary N) is 1. The average Bonchev–Trinajstić information content (AvgIpc) is 2.08. The van der Waals surface area contributed by atoms with Crippen molar-refractivity contribution < 1.29 is 9.47 Å². The van der Waals surface area contributed by atoms with Gasteiger partial charge in [-0.15, -0.1) is 0 Å². The highest BCUT2D eigenvalue weighted by atomic mass is 16.5. The van der Waals surface area contributed by atoms with Crippen molar-refractivity contribution in [3.05, 3.63) is 0 Å². The number of nitrogens with two attached hydrogens (primary N) is 1. The lowest BCUT2D eigenvalue weighted by Gasteiger charge is -2.07. The van der Waals surface area contributed by atoms with Gasteiger partial charge in [-0.05, 0) is 26.7 Å². The fourth-order valence-electron chi connectivity index (χ4n) is 0.964. The van der Waals surface area contributed by atoms with Gasteiger partial charge in [0.05, 0.1) is 25.2 Å². The Morgan fingerprint density at radius 1 is 1.21 bits per heavy atom. The van der Waals surface area contributed by atoms with Gasteiger partial charge in [-0.1, -0.05) is 0 Å². The van der Waals surface area contributed by atoms with Crippen molar-refractivity contribution in [2.75, 3.05) is 19.8 Å². The average molecular weight is 202 g/mol. The first-order chi connectivity index (χ1) is 6.63.